The zero-order chi connectivity index (χ0) is 24.2. The van der Waals surface area contributed by atoms with E-state index < -0.39 is 0 Å². The Bertz CT molecular complexity index is 946. The van der Waals surface area contributed by atoms with Crippen molar-refractivity contribution in [2.24, 2.45) is 29.1 Å². The molecule has 192 valence electrons. The number of hydrogen-bond donors (Lipinski definition) is 1. The second kappa shape index (κ2) is 9.19. The summed E-state index contributed by atoms with van der Waals surface area (Å²) < 4.78 is 12.4. The third kappa shape index (κ3) is 3.99. The van der Waals surface area contributed by atoms with Crippen molar-refractivity contribution in [1.29, 1.82) is 0 Å². The lowest BCUT2D eigenvalue weighted by Gasteiger charge is -2.54. The highest BCUT2D eigenvalue weighted by molar-refractivity contribution is 5.49. The summed E-state index contributed by atoms with van der Waals surface area (Å²) in [4.78, 5) is 2.20. The molecule has 4 fully saturated rings. The average Bonchev–Trinajstić information content (AvgIpc) is 3.45. The van der Waals surface area contributed by atoms with Gasteiger partial charge in [-0.05, 0) is 98.1 Å². The van der Waals surface area contributed by atoms with E-state index in [1.54, 1.807) is 5.57 Å². The van der Waals surface area contributed by atoms with Crippen LogP contribution >= 0.6 is 0 Å². The molecule has 4 nitrogen and oxygen atoms in total. The van der Waals surface area contributed by atoms with E-state index in [1.807, 2.05) is 5.57 Å². The van der Waals surface area contributed by atoms with Gasteiger partial charge in [0.25, 0.3) is 0 Å². The molecule has 35 heavy (non-hydrogen) atoms. The highest BCUT2D eigenvalue weighted by Gasteiger charge is 2.57. The highest BCUT2D eigenvalue weighted by Crippen LogP contribution is 2.67. The lowest BCUT2D eigenvalue weighted by atomic mass is 9.51. The van der Waals surface area contributed by atoms with Crippen LogP contribution in [0, 0.1) is 29.1 Å². The second-order valence-electron chi connectivity index (χ2n) is 12.7. The molecule has 3 saturated carbocycles. The van der Waals surface area contributed by atoms with Crippen molar-refractivity contribution in [3.05, 3.63) is 41.0 Å². The Balaban J connectivity index is 1.39. The van der Waals surface area contributed by atoms with Gasteiger partial charge in [-0.3, -0.25) is 0 Å². The van der Waals surface area contributed by atoms with Gasteiger partial charge in [0.05, 0.1) is 13.2 Å². The zero-order valence-electron chi connectivity index (χ0n) is 22.1. The Kier molecular flexibility index (Phi) is 6.30. The summed E-state index contributed by atoms with van der Waals surface area (Å²) in [6.07, 6.45) is 12.0. The summed E-state index contributed by atoms with van der Waals surface area (Å²) in [5.74, 6) is 3.16. The third-order valence-corrected chi connectivity index (χ3v) is 10.9. The van der Waals surface area contributed by atoms with Crippen molar-refractivity contribution in [3.63, 3.8) is 0 Å². The maximum absolute atomic E-state index is 9.58. The Morgan fingerprint density at radius 1 is 1.00 bits per heavy atom. The molecule has 1 N–H and O–H groups in total. The number of anilines is 1. The molecule has 1 aliphatic heterocycles. The molecule has 1 heterocycles. The standard InChI is InChI=1S/C31H45NO3/c1-30-20-27(21-6-10-24(11-7-21)32(2)3)29-25-14-15-31(34-17-18-35-31)19-22(25)8-12-26(29)28(30)13-9-23(30)5-4-16-33/h6-7,10-11,22-23,26-28,33H,4-5,8-9,12-20H2,1-3H3/t22?,23-,26?,27?,28-,30-/m0/s1. The van der Waals surface area contributed by atoms with Crippen LogP contribution in [-0.4, -0.2) is 44.8 Å². The van der Waals surface area contributed by atoms with E-state index in [1.165, 1.54) is 49.8 Å². The van der Waals surface area contributed by atoms with E-state index in [9.17, 15) is 5.11 Å². The number of hydrogen-bond acceptors (Lipinski definition) is 4. The summed E-state index contributed by atoms with van der Waals surface area (Å²) >= 11 is 0. The minimum absolute atomic E-state index is 0.295. The van der Waals surface area contributed by atoms with Gasteiger partial charge in [0.15, 0.2) is 5.79 Å². The Morgan fingerprint density at radius 2 is 1.77 bits per heavy atom. The topological polar surface area (TPSA) is 41.9 Å². The smallest absolute Gasteiger partial charge is 0.169 e. The molecule has 5 aliphatic rings. The fraction of sp³-hybridized carbons (Fsp3) is 0.742. The summed E-state index contributed by atoms with van der Waals surface area (Å²) in [7, 11) is 4.26. The van der Waals surface area contributed by atoms with Crippen LogP contribution in [-0.2, 0) is 9.47 Å². The summed E-state index contributed by atoms with van der Waals surface area (Å²) in [5.41, 5.74) is 6.80. The van der Waals surface area contributed by atoms with Gasteiger partial charge in [-0.15, -0.1) is 0 Å². The molecule has 3 unspecified atom stereocenters. The van der Waals surface area contributed by atoms with Gasteiger partial charge in [0.1, 0.15) is 0 Å². The molecular weight excluding hydrogens is 434 g/mol. The number of benzene rings is 1. The fourth-order valence-corrected chi connectivity index (χ4v) is 9.21. The molecule has 4 aliphatic carbocycles. The van der Waals surface area contributed by atoms with E-state index in [0.29, 0.717) is 23.9 Å². The minimum Gasteiger partial charge on any atom is -0.396 e. The summed E-state index contributed by atoms with van der Waals surface area (Å²) in [6, 6.07) is 9.47. The van der Waals surface area contributed by atoms with Gasteiger partial charge in [-0.2, -0.15) is 0 Å². The molecule has 4 heteroatoms. The Labute approximate surface area is 212 Å². The lowest BCUT2D eigenvalue weighted by molar-refractivity contribution is -0.181. The first-order valence-corrected chi connectivity index (χ1v) is 14.3. The van der Waals surface area contributed by atoms with Crippen LogP contribution in [0.3, 0.4) is 0 Å². The highest BCUT2D eigenvalue weighted by atomic mass is 16.7. The molecule has 0 amide bonds. The van der Waals surface area contributed by atoms with E-state index in [0.717, 1.165) is 56.7 Å². The van der Waals surface area contributed by atoms with Gasteiger partial charge < -0.3 is 19.5 Å². The normalized spacial score (nSPS) is 37.8. The maximum atomic E-state index is 9.58. The molecule has 6 rings (SSSR count). The van der Waals surface area contributed by atoms with E-state index >= 15 is 0 Å². The van der Waals surface area contributed by atoms with Crippen LogP contribution in [0.5, 0.6) is 0 Å². The zero-order valence-corrected chi connectivity index (χ0v) is 22.1. The Morgan fingerprint density at radius 3 is 2.49 bits per heavy atom. The van der Waals surface area contributed by atoms with Gasteiger partial charge in [0.2, 0.25) is 0 Å². The largest absolute Gasteiger partial charge is 0.396 e. The number of ether oxygens (including phenoxy) is 2. The molecule has 1 aromatic carbocycles. The number of rotatable bonds is 5. The van der Waals surface area contributed by atoms with Gasteiger partial charge >= 0.3 is 0 Å². The van der Waals surface area contributed by atoms with E-state index in [2.05, 4.69) is 50.2 Å². The van der Waals surface area contributed by atoms with Crippen LogP contribution in [0.15, 0.2) is 35.4 Å². The predicted molar refractivity (Wildman–Crippen MR) is 140 cm³/mol. The number of allylic oxidation sites excluding steroid dienone is 2. The third-order valence-electron chi connectivity index (χ3n) is 10.9. The minimum atomic E-state index is -0.295. The van der Waals surface area contributed by atoms with Gasteiger partial charge in [0, 0.05) is 45.1 Å². The molecule has 1 saturated heterocycles. The number of aliphatic hydroxyl groups excluding tert-OH is 1. The van der Waals surface area contributed by atoms with E-state index in [-0.39, 0.29) is 5.79 Å². The second-order valence-corrected chi connectivity index (χ2v) is 12.7. The van der Waals surface area contributed by atoms with Crippen LogP contribution in [0.4, 0.5) is 5.69 Å². The molecule has 1 aromatic rings. The summed E-state index contributed by atoms with van der Waals surface area (Å²) in [6.45, 7) is 4.48. The maximum Gasteiger partial charge on any atom is 0.169 e. The van der Waals surface area contributed by atoms with Crippen LogP contribution in [0.25, 0.3) is 0 Å². The monoisotopic (exact) mass is 479 g/mol. The van der Waals surface area contributed by atoms with Crippen molar-refractivity contribution >= 4 is 5.69 Å². The lowest BCUT2D eigenvalue weighted by Crippen LogP contribution is -2.46. The number of fused-ring (bicyclic) bond motifs is 4. The fourth-order valence-electron chi connectivity index (χ4n) is 9.21. The molecule has 1 spiro atoms. The van der Waals surface area contributed by atoms with Crippen LogP contribution in [0.1, 0.15) is 82.6 Å². The SMILES string of the molecule is CN(C)c1ccc(C2C[C@@]3(C)[C@@H](CCCO)CC[C@H]3C3CCC4CC5(CCC4=C23)OCCO5)cc1. The molecule has 6 atom stereocenters. The van der Waals surface area contributed by atoms with Crippen molar-refractivity contribution in [3.8, 4) is 0 Å². The van der Waals surface area contributed by atoms with Crippen molar-refractivity contribution in [2.75, 3.05) is 38.8 Å². The average molecular weight is 480 g/mol. The summed E-state index contributed by atoms with van der Waals surface area (Å²) in [5, 5.41) is 9.58. The predicted octanol–water partition coefficient (Wildman–Crippen LogP) is 6.29. The van der Waals surface area contributed by atoms with Crippen molar-refractivity contribution in [2.45, 2.75) is 82.8 Å². The quantitative estimate of drug-likeness (QED) is 0.504. The first-order valence-electron chi connectivity index (χ1n) is 14.3. The number of aliphatic hydroxyl groups is 1. The first kappa shape index (κ1) is 24.0. The Hall–Kier alpha value is -1.36. The molecule has 0 radical (unpaired) electrons. The van der Waals surface area contributed by atoms with Crippen molar-refractivity contribution in [1.82, 2.24) is 0 Å². The molecule has 0 bridgehead atoms. The van der Waals surface area contributed by atoms with Gasteiger partial charge in [-0.1, -0.05) is 30.2 Å². The first-order chi connectivity index (χ1) is 16.9. The van der Waals surface area contributed by atoms with Crippen molar-refractivity contribution < 1.29 is 14.6 Å². The molecular formula is C31H45NO3. The van der Waals surface area contributed by atoms with E-state index in [4.69, 9.17) is 9.47 Å². The van der Waals surface area contributed by atoms with Gasteiger partial charge in [-0.25, -0.2) is 0 Å². The number of nitrogens with zero attached hydrogens (tertiary/aromatic N) is 1. The van der Waals surface area contributed by atoms with Crippen LogP contribution < -0.4 is 4.90 Å². The molecule has 0 aromatic heterocycles. The van der Waals surface area contributed by atoms with Crippen LogP contribution in [0.2, 0.25) is 0 Å².